The van der Waals surface area contributed by atoms with Crippen LogP contribution in [-0.4, -0.2) is 67.9 Å². The number of H-pyrrole nitrogens is 1. The average Bonchev–Trinajstić information content (AvgIpc) is 3.58. The second-order valence-electron chi connectivity index (χ2n) is 12.2. The van der Waals surface area contributed by atoms with Crippen molar-refractivity contribution in [2.75, 3.05) is 19.9 Å². The van der Waals surface area contributed by atoms with Crippen molar-refractivity contribution in [1.29, 1.82) is 5.41 Å². The first-order valence-electron chi connectivity index (χ1n) is 14.4. The number of nitrogens with zero attached hydrogens (tertiary/aromatic N) is 4. The number of hydrogen-bond acceptors (Lipinski definition) is 9. The molecule has 4 heterocycles. The SMILES string of the molecule is CC(C)[C@H](NC(=O)OC(C)(C)C)C(=O)N1CCC(CCn2cnc(=N)c3[nH]c(Sc4cc5c(cc4Br)OCO5)nc32)CC1. The summed E-state index contributed by atoms with van der Waals surface area (Å²) < 4.78 is 19.2. The van der Waals surface area contributed by atoms with Crippen LogP contribution in [-0.2, 0) is 16.1 Å². The monoisotopic (exact) mass is 675 g/mol. The fourth-order valence-electron chi connectivity index (χ4n) is 5.16. The van der Waals surface area contributed by atoms with Crippen LogP contribution in [0.25, 0.3) is 11.2 Å². The predicted octanol–water partition coefficient (Wildman–Crippen LogP) is 5.06. The molecule has 0 radical (unpaired) electrons. The molecule has 3 N–H and O–H groups in total. The average molecular weight is 677 g/mol. The number of benzene rings is 1. The van der Waals surface area contributed by atoms with E-state index in [9.17, 15) is 9.59 Å². The smallest absolute Gasteiger partial charge is 0.408 e. The van der Waals surface area contributed by atoms with E-state index < -0.39 is 17.7 Å². The van der Waals surface area contributed by atoms with Gasteiger partial charge in [0.05, 0.1) is 6.33 Å². The summed E-state index contributed by atoms with van der Waals surface area (Å²) in [5.74, 6) is 1.68. The molecular weight excluding hydrogens is 638 g/mol. The van der Waals surface area contributed by atoms with Crippen LogP contribution in [0.3, 0.4) is 0 Å². The van der Waals surface area contributed by atoms with E-state index in [1.807, 2.05) is 35.4 Å². The number of rotatable bonds is 8. The third-order valence-corrected chi connectivity index (χ3v) is 9.30. The first-order chi connectivity index (χ1) is 20.4. The Kier molecular flexibility index (Phi) is 9.26. The highest BCUT2D eigenvalue weighted by molar-refractivity contribution is 9.10. The molecule has 43 heavy (non-hydrogen) atoms. The number of fused-ring (bicyclic) bond motifs is 2. The number of ether oxygens (including phenoxy) is 3. The van der Waals surface area contributed by atoms with Gasteiger partial charge in [-0.3, -0.25) is 10.2 Å². The molecule has 0 spiro atoms. The summed E-state index contributed by atoms with van der Waals surface area (Å²) in [4.78, 5) is 40.8. The highest BCUT2D eigenvalue weighted by Gasteiger charge is 2.32. The number of aromatic nitrogens is 4. The van der Waals surface area contributed by atoms with Gasteiger partial charge in [-0.2, -0.15) is 0 Å². The number of carbonyl (C=O) groups excluding carboxylic acids is 2. The van der Waals surface area contributed by atoms with E-state index in [1.54, 1.807) is 27.1 Å². The molecule has 12 nitrogen and oxygen atoms in total. The van der Waals surface area contributed by atoms with Gasteiger partial charge in [0.25, 0.3) is 0 Å². The molecule has 1 aromatic carbocycles. The molecule has 2 aliphatic rings. The minimum absolute atomic E-state index is 0.0629. The molecule has 1 atom stereocenters. The van der Waals surface area contributed by atoms with Crippen LogP contribution in [0, 0.1) is 17.2 Å². The highest BCUT2D eigenvalue weighted by Crippen LogP contribution is 2.42. The van der Waals surface area contributed by atoms with E-state index in [0.29, 0.717) is 53.4 Å². The number of likely N-dealkylation sites (tertiary alicyclic amines) is 1. The summed E-state index contributed by atoms with van der Waals surface area (Å²) in [7, 11) is 0. The van der Waals surface area contributed by atoms with E-state index in [2.05, 4.69) is 31.2 Å². The molecule has 3 aromatic rings. The molecule has 232 valence electrons. The molecule has 2 aromatic heterocycles. The molecule has 1 saturated heterocycles. The molecule has 0 saturated carbocycles. The number of nitrogens with one attached hydrogen (secondary N) is 3. The standard InChI is InChI=1S/C29H38BrN7O5S/c1-16(2)22(34-28(39)42-29(3,4)5)26(38)36-9-6-17(7-10-36)8-11-37-14-32-24(31)23-25(37)35-27(33-23)43-21-13-20-19(12-18(21)30)40-15-41-20/h12-14,16-17,22,31H,6-11,15H2,1-5H3,(H,33,35)(H,34,39)/t22-/m0/s1. The summed E-state index contributed by atoms with van der Waals surface area (Å²) in [6.07, 6.45) is 3.74. The van der Waals surface area contributed by atoms with Crippen molar-refractivity contribution < 1.29 is 23.8 Å². The van der Waals surface area contributed by atoms with Crippen molar-refractivity contribution in [3.8, 4) is 11.5 Å². The number of halogens is 1. The second-order valence-corrected chi connectivity index (χ2v) is 14.1. The Balaban J connectivity index is 1.19. The molecule has 2 aliphatic heterocycles. The Morgan fingerprint density at radius 1 is 1.23 bits per heavy atom. The van der Waals surface area contributed by atoms with Crippen LogP contribution in [0.4, 0.5) is 4.79 Å². The maximum absolute atomic E-state index is 13.3. The quantitative estimate of drug-likeness (QED) is 0.300. The number of amides is 2. The molecule has 14 heteroatoms. The summed E-state index contributed by atoms with van der Waals surface area (Å²) in [6, 6.07) is 3.16. The van der Waals surface area contributed by atoms with Crippen LogP contribution in [0.15, 0.2) is 33.0 Å². The lowest BCUT2D eigenvalue weighted by molar-refractivity contribution is -0.136. The summed E-state index contributed by atoms with van der Waals surface area (Å²) in [5, 5.41) is 11.7. The molecule has 0 bridgehead atoms. The van der Waals surface area contributed by atoms with Crippen LogP contribution in [0.5, 0.6) is 11.5 Å². The first kappa shape index (κ1) is 31.2. The zero-order valence-corrected chi connectivity index (χ0v) is 27.4. The van der Waals surface area contributed by atoms with Gasteiger partial charge < -0.3 is 34.0 Å². The lowest BCUT2D eigenvalue weighted by Gasteiger charge is -2.35. The minimum Gasteiger partial charge on any atom is -0.454 e. The topological polar surface area (TPSA) is 147 Å². The zero-order chi connectivity index (χ0) is 30.9. The van der Waals surface area contributed by atoms with E-state index in [-0.39, 0.29) is 24.1 Å². The van der Waals surface area contributed by atoms with Crippen molar-refractivity contribution in [3.05, 3.63) is 28.4 Å². The Hall–Kier alpha value is -3.26. The minimum atomic E-state index is -0.631. The van der Waals surface area contributed by atoms with Gasteiger partial charge in [-0.05, 0) is 79.9 Å². The zero-order valence-electron chi connectivity index (χ0n) is 25.0. The number of aryl methyl sites for hydroxylation is 1. The van der Waals surface area contributed by atoms with Crippen molar-refractivity contribution in [3.63, 3.8) is 0 Å². The number of piperidine rings is 1. The fourth-order valence-corrected chi connectivity index (χ4v) is 6.54. The maximum Gasteiger partial charge on any atom is 0.408 e. The Morgan fingerprint density at radius 3 is 2.60 bits per heavy atom. The first-order valence-corrected chi connectivity index (χ1v) is 16.0. The molecule has 5 rings (SSSR count). The number of aromatic amines is 1. The third-order valence-electron chi connectivity index (χ3n) is 7.44. The third kappa shape index (κ3) is 7.46. The van der Waals surface area contributed by atoms with Crippen molar-refractivity contribution in [2.24, 2.45) is 11.8 Å². The van der Waals surface area contributed by atoms with E-state index in [0.717, 1.165) is 28.6 Å². The van der Waals surface area contributed by atoms with Gasteiger partial charge in [-0.15, -0.1) is 0 Å². The van der Waals surface area contributed by atoms with Gasteiger partial charge in [0, 0.05) is 29.0 Å². The summed E-state index contributed by atoms with van der Waals surface area (Å²) in [6.45, 7) is 11.4. The Labute approximate surface area is 262 Å². The van der Waals surface area contributed by atoms with Crippen LogP contribution in [0.2, 0.25) is 0 Å². The predicted molar refractivity (Wildman–Crippen MR) is 164 cm³/mol. The fraction of sp³-hybridized carbons (Fsp3) is 0.552. The number of imidazole rings is 1. The molecular formula is C29H38BrN7O5S. The Morgan fingerprint density at radius 2 is 1.93 bits per heavy atom. The van der Waals surface area contributed by atoms with Gasteiger partial charge >= 0.3 is 6.09 Å². The molecule has 2 amide bonds. The van der Waals surface area contributed by atoms with Gasteiger partial charge in [0.2, 0.25) is 12.7 Å². The second kappa shape index (κ2) is 12.8. The lowest BCUT2D eigenvalue weighted by atomic mass is 9.92. The Bertz CT molecular complexity index is 1560. The van der Waals surface area contributed by atoms with Crippen molar-refractivity contribution in [2.45, 2.75) is 82.1 Å². The largest absolute Gasteiger partial charge is 0.454 e. The molecule has 1 fully saturated rings. The van der Waals surface area contributed by atoms with E-state index in [4.69, 9.17) is 24.6 Å². The number of hydrogen-bond donors (Lipinski definition) is 3. The van der Waals surface area contributed by atoms with Crippen LogP contribution >= 0.6 is 27.7 Å². The molecule has 0 unspecified atom stereocenters. The maximum atomic E-state index is 13.3. The van der Waals surface area contributed by atoms with Crippen molar-refractivity contribution in [1.82, 2.24) is 29.7 Å². The van der Waals surface area contributed by atoms with Gasteiger partial charge in [-0.1, -0.05) is 25.6 Å². The number of alkyl carbamates (subject to hydrolysis) is 1. The van der Waals surface area contributed by atoms with Gasteiger partial charge in [-0.25, -0.2) is 14.8 Å². The number of carbonyl (C=O) groups is 2. The van der Waals surface area contributed by atoms with Gasteiger partial charge in [0.1, 0.15) is 17.2 Å². The summed E-state index contributed by atoms with van der Waals surface area (Å²) >= 11 is 5.03. The van der Waals surface area contributed by atoms with Crippen LogP contribution in [0.1, 0.15) is 53.9 Å². The molecule has 0 aliphatic carbocycles. The van der Waals surface area contributed by atoms with Crippen LogP contribution < -0.4 is 20.3 Å². The lowest BCUT2D eigenvalue weighted by Crippen LogP contribution is -2.53. The van der Waals surface area contributed by atoms with Crippen molar-refractivity contribution >= 4 is 50.9 Å². The summed E-state index contributed by atoms with van der Waals surface area (Å²) in [5.41, 5.74) is 0.773. The highest BCUT2D eigenvalue weighted by atomic mass is 79.9. The van der Waals surface area contributed by atoms with E-state index in [1.165, 1.54) is 11.8 Å². The normalized spacial score (nSPS) is 16.1. The van der Waals surface area contributed by atoms with Gasteiger partial charge in [0.15, 0.2) is 27.8 Å². The van der Waals surface area contributed by atoms with E-state index >= 15 is 0 Å².